The van der Waals surface area contributed by atoms with Gasteiger partial charge in [0.1, 0.15) is 0 Å². The van der Waals surface area contributed by atoms with Crippen LogP contribution in [0, 0.1) is 0 Å². The number of methoxy groups -OCH3 is 1. The smallest absolute Gasteiger partial charge is 0.333 e. The summed E-state index contributed by atoms with van der Waals surface area (Å²) in [6, 6.07) is -1.26. The Hall–Kier alpha value is -2.68. The molecule has 0 saturated heterocycles. The molecule has 0 bridgehead atoms. The maximum absolute atomic E-state index is 12.8. The van der Waals surface area contributed by atoms with Crippen molar-refractivity contribution in [2.75, 3.05) is 13.7 Å². The molecule has 2 amide bonds. The van der Waals surface area contributed by atoms with Crippen LogP contribution in [0.3, 0.4) is 0 Å². The van der Waals surface area contributed by atoms with E-state index >= 15 is 0 Å². The van der Waals surface area contributed by atoms with E-state index in [1.807, 2.05) is 13.8 Å². The van der Waals surface area contributed by atoms with Crippen LogP contribution in [0.4, 0.5) is 0 Å². The quantitative estimate of drug-likeness (QED) is 0.0569. The first-order chi connectivity index (χ1) is 22.2. The molecule has 0 aromatic rings. The number of hydrogen-bond donors (Lipinski definition) is 2. The highest BCUT2D eigenvalue weighted by molar-refractivity contribution is 5.95. The van der Waals surface area contributed by atoms with E-state index in [-0.39, 0.29) is 18.4 Å². The summed E-state index contributed by atoms with van der Waals surface area (Å²) in [5.74, 6) is -1.92. The second-order valence-corrected chi connectivity index (χ2v) is 12.6. The molecule has 9 nitrogen and oxygen atoms in total. The molecule has 1 aliphatic carbocycles. The largest absolute Gasteiger partial charge is 0.466 e. The lowest BCUT2D eigenvalue weighted by atomic mass is 9.87. The molecular formula is C37H64N2O7. The molecule has 0 aromatic carbocycles. The van der Waals surface area contributed by atoms with Crippen LogP contribution in [-0.4, -0.2) is 61.8 Å². The topological polar surface area (TPSA) is 120 Å². The Bertz CT molecular complexity index is 929. The highest BCUT2D eigenvalue weighted by atomic mass is 16.5. The Morgan fingerprint density at radius 2 is 1.30 bits per heavy atom. The van der Waals surface area contributed by atoms with Gasteiger partial charge >= 0.3 is 11.9 Å². The van der Waals surface area contributed by atoms with E-state index in [0.717, 1.165) is 44.3 Å². The van der Waals surface area contributed by atoms with E-state index in [1.54, 1.807) is 6.08 Å². The predicted molar refractivity (Wildman–Crippen MR) is 183 cm³/mol. The van der Waals surface area contributed by atoms with Gasteiger partial charge in [-0.3, -0.25) is 9.59 Å². The first kappa shape index (κ1) is 41.3. The van der Waals surface area contributed by atoms with Crippen LogP contribution in [0.25, 0.3) is 0 Å². The van der Waals surface area contributed by atoms with E-state index in [4.69, 9.17) is 14.2 Å². The van der Waals surface area contributed by atoms with Crippen molar-refractivity contribution in [2.45, 2.75) is 174 Å². The molecule has 0 heterocycles. The summed E-state index contributed by atoms with van der Waals surface area (Å²) in [5.41, 5.74) is 0.354. The van der Waals surface area contributed by atoms with Crippen LogP contribution in [0.1, 0.15) is 150 Å². The molecular weight excluding hydrogens is 584 g/mol. The monoisotopic (exact) mass is 648 g/mol. The van der Waals surface area contributed by atoms with E-state index in [2.05, 4.69) is 17.6 Å². The average molecular weight is 649 g/mol. The summed E-state index contributed by atoms with van der Waals surface area (Å²) in [6.07, 6.45) is 25.3. The van der Waals surface area contributed by atoms with Gasteiger partial charge in [-0.05, 0) is 25.3 Å². The van der Waals surface area contributed by atoms with Gasteiger partial charge in [0.2, 0.25) is 11.8 Å². The van der Waals surface area contributed by atoms with Crippen molar-refractivity contribution in [3.63, 3.8) is 0 Å². The summed E-state index contributed by atoms with van der Waals surface area (Å²) < 4.78 is 16.4. The lowest BCUT2D eigenvalue weighted by Crippen LogP contribution is -2.59. The summed E-state index contributed by atoms with van der Waals surface area (Å²) in [6.45, 7) is 7.97. The zero-order chi connectivity index (χ0) is 34.0. The van der Waals surface area contributed by atoms with Crippen molar-refractivity contribution in [1.82, 2.24) is 10.6 Å². The van der Waals surface area contributed by atoms with Crippen molar-refractivity contribution >= 4 is 23.8 Å². The van der Waals surface area contributed by atoms with E-state index < -0.39 is 36.0 Å². The molecule has 0 aromatic heterocycles. The summed E-state index contributed by atoms with van der Waals surface area (Å²) in [7, 11) is 1.29. The molecule has 0 fully saturated rings. The minimum atomic E-state index is -0.652. The second-order valence-electron chi connectivity index (χ2n) is 12.6. The van der Waals surface area contributed by atoms with Crippen molar-refractivity contribution < 1.29 is 33.4 Å². The molecule has 264 valence electrons. The standard InChI is InChI=1S/C37H64N2O7/c1-6-9-10-11-12-13-14-15-16-17-18-19-20-21-22-23-26-45-35(42)25-24-34(41)39-32-27-30(37(43)44-5)28-33(36(32)38-29(4)40)46-31(7-2)8-3/h24-25,28,31-33,36H,6-23,26-27H2,1-5H3,(H,38,40)(H,39,41)/b25-24+/t32-,33+,36+/m0/s1. The van der Waals surface area contributed by atoms with Gasteiger partial charge in [0.05, 0.1) is 38.0 Å². The molecule has 9 heteroatoms. The van der Waals surface area contributed by atoms with Crippen LogP contribution in [0.15, 0.2) is 23.8 Å². The highest BCUT2D eigenvalue weighted by Crippen LogP contribution is 2.25. The molecule has 0 unspecified atom stereocenters. The van der Waals surface area contributed by atoms with Crippen LogP contribution in [-0.2, 0) is 33.4 Å². The van der Waals surface area contributed by atoms with Crippen molar-refractivity contribution in [3.8, 4) is 0 Å². The number of carbonyl (C=O) groups is 4. The van der Waals surface area contributed by atoms with Gasteiger partial charge in [-0.1, -0.05) is 117 Å². The first-order valence-electron chi connectivity index (χ1n) is 18.1. The Balaban J connectivity index is 2.35. The highest BCUT2D eigenvalue weighted by Gasteiger charge is 2.38. The zero-order valence-corrected chi connectivity index (χ0v) is 29.5. The van der Waals surface area contributed by atoms with E-state index in [9.17, 15) is 19.2 Å². The molecule has 0 saturated carbocycles. The molecule has 0 aliphatic heterocycles. The third-order valence-electron chi connectivity index (χ3n) is 8.61. The number of rotatable bonds is 26. The number of nitrogens with one attached hydrogen (secondary N) is 2. The van der Waals surface area contributed by atoms with E-state index in [0.29, 0.717) is 12.2 Å². The van der Waals surface area contributed by atoms with Crippen LogP contribution >= 0.6 is 0 Å². The molecule has 1 aliphatic rings. The normalized spacial score (nSPS) is 18.0. The van der Waals surface area contributed by atoms with Crippen molar-refractivity contribution in [2.24, 2.45) is 0 Å². The minimum absolute atomic E-state index is 0.0881. The molecule has 0 radical (unpaired) electrons. The fraction of sp³-hybridized carbons (Fsp3) is 0.784. The number of carbonyl (C=O) groups excluding carboxylic acids is 4. The Kier molecular flexibility index (Phi) is 23.7. The fourth-order valence-corrected chi connectivity index (χ4v) is 5.88. The number of hydrogen-bond acceptors (Lipinski definition) is 7. The third-order valence-corrected chi connectivity index (χ3v) is 8.61. The van der Waals surface area contributed by atoms with Gasteiger partial charge in [-0.2, -0.15) is 0 Å². The fourth-order valence-electron chi connectivity index (χ4n) is 5.88. The van der Waals surface area contributed by atoms with Crippen LogP contribution < -0.4 is 10.6 Å². The number of esters is 2. The Morgan fingerprint density at radius 3 is 1.78 bits per heavy atom. The van der Waals surface area contributed by atoms with Crippen LogP contribution in [0.2, 0.25) is 0 Å². The number of ether oxygens (including phenoxy) is 3. The predicted octanol–water partition coefficient (Wildman–Crippen LogP) is 7.41. The molecule has 1 rings (SSSR count). The SMILES string of the molecule is CCCCCCCCCCCCCCCCCCOC(=O)/C=C/C(=O)N[C@H]1CC(C(=O)OC)=C[C@@H](OC(CC)CC)[C@@H]1NC(C)=O. The van der Waals surface area contributed by atoms with Crippen molar-refractivity contribution in [1.29, 1.82) is 0 Å². The van der Waals surface area contributed by atoms with Gasteiger partial charge in [-0.15, -0.1) is 0 Å². The molecule has 0 spiro atoms. The lowest BCUT2D eigenvalue weighted by Gasteiger charge is -2.38. The summed E-state index contributed by atoms with van der Waals surface area (Å²) in [5, 5.41) is 5.69. The minimum Gasteiger partial charge on any atom is -0.466 e. The third kappa shape index (κ3) is 19.1. The Labute approximate surface area is 279 Å². The number of unbranched alkanes of at least 4 members (excludes halogenated alkanes) is 15. The lowest BCUT2D eigenvalue weighted by molar-refractivity contribution is -0.138. The maximum Gasteiger partial charge on any atom is 0.333 e. The molecule has 2 N–H and O–H groups in total. The summed E-state index contributed by atoms with van der Waals surface area (Å²) >= 11 is 0. The first-order valence-corrected chi connectivity index (χ1v) is 18.1. The van der Waals surface area contributed by atoms with Gasteiger partial charge < -0.3 is 24.8 Å². The second kappa shape index (κ2) is 26.4. The average Bonchev–Trinajstić information content (AvgIpc) is 3.04. The maximum atomic E-state index is 12.8. The van der Waals surface area contributed by atoms with Gasteiger partial charge in [0.15, 0.2) is 0 Å². The van der Waals surface area contributed by atoms with Gasteiger partial charge in [0, 0.05) is 31.1 Å². The van der Waals surface area contributed by atoms with Crippen molar-refractivity contribution in [3.05, 3.63) is 23.8 Å². The van der Waals surface area contributed by atoms with E-state index in [1.165, 1.54) is 97.5 Å². The van der Waals surface area contributed by atoms with Gasteiger partial charge in [-0.25, -0.2) is 9.59 Å². The summed E-state index contributed by atoms with van der Waals surface area (Å²) in [4.78, 5) is 49.4. The molecule has 46 heavy (non-hydrogen) atoms. The zero-order valence-electron chi connectivity index (χ0n) is 29.5. The number of amides is 2. The van der Waals surface area contributed by atoms with Crippen LogP contribution in [0.5, 0.6) is 0 Å². The molecule has 3 atom stereocenters. The Morgan fingerprint density at radius 1 is 0.783 bits per heavy atom. The van der Waals surface area contributed by atoms with Gasteiger partial charge in [0.25, 0.3) is 0 Å².